The normalized spacial score (nSPS) is 11.6. The van der Waals surface area contributed by atoms with Gasteiger partial charge in [0.1, 0.15) is 0 Å². The Kier molecular flexibility index (Phi) is 4.68. The number of benzene rings is 1. The lowest BCUT2D eigenvalue weighted by atomic mass is 10.1. The van der Waals surface area contributed by atoms with Gasteiger partial charge in [-0.2, -0.15) is 5.26 Å². The molecule has 1 rings (SSSR count). The van der Waals surface area contributed by atoms with Crippen LogP contribution < -0.4 is 0 Å². The van der Waals surface area contributed by atoms with E-state index in [1.54, 1.807) is 38.2 Å². The molecule has 0 bridgehead atoms. The Morgan fingerprint density at radius 3 is 2.53 bits per heavy atom. The first-order valence-corrected chi connectivity index (χ1v) is 5.44. The van der Waals surface area contributed by atoms with Crippen molar-refractivity contribution < 1.29 is 9.90 Å². The second-order valence-corrected chi connectivity index (χ2v) is 4.02. The predicted molar refractivity (Wildman–Crippen MR) is 64.2 cm³/mol. The van der Waals surface area contributed by atoms with Crippen molar-refractivity contribution in [1.29, 1.82) is 5.26 Å². The minimum atomic E-state index is -0.180. The number of likely N-dealkylation sites (N-methyl/N-ethyl adjacent to an activating group) is 1. The molecule has 0 spiro atoms. The summed E-state index contributed by atoms with van der Waals surface area (Å²) in [5.41, 5.74) is 1.45. The smallest absolute Gasteiger partial charge is 0.227 e. The summed E-state index contributed by atoms with van der Waals surface area (Å²) >= 11 is 0. The van der Waals surface area contributed by atoms with Crippen LogP contribution in [0.3, 0.4) is 0 Å². The van der Waals surface area contributed by atoms with E-state index in [0.717, 1.165) is 5.56 Å². The Morgan fingerprint density at radius 2 is 2.06 bits per heavy atom. The van der Waals surface area contributed by atoms with Crippen LogP contribution in [0, 0.1) is 11.3 Å². The van der Waals surface area contributed by atoms with Gasteiger partial charge < -0.3 is 10.0 Å². The van der Waals surface area contributed by atoms with Crippen molar-refractivity contribution in [1.82, 2.24) is 4.90 Å². The zero-order chi connectivity index (χ0) is 12.8. The molecule has 1 amide bonds. The fourth-order valence-corrected chi connectivity index (χ4v) is 1.36. The average Bonchev–Trinajstić information content (AvgIpc) is 2.37. The van der Waals surface area contributed by atoms with Crippen LogP contribution >= 0.6 is 0 Å². The molecule has 0 radical (unpaired) electrons. The van der Waals surface area contributed by atoms with Crippen LogP contribution in [0.4, 0.5) is 0 Å². The maximum absolute atomic E-state index is 11.8. The maximum atomic E-state index is 11.8. The molecule has 0 aromatic heterocycles. The highest BCUT2D eigenvalue weighted by molar-refractivity contribution is 5.78. The number of nitriles is 1. The van der Waals surface area contributed by atoms with E-state index in [4.69, 9.17) is 10.4 Å². The molecule has 1 aromatic rings. The molecule has 4 heteroatoms. The van der Waals surface area contributed by atoms with Crippen molar-refractivity contribution in [3.63, 3.8) is 0 Å². The first-order chi connectivity index (χ1) is 8.08. The second kappa shape index (κ2) is 6.02. The fourth-order valence-electron chi connectivity index (χ4n) is 1.36. The number of rotatable bonds is 4. The molecule has 0 saturated heterocycles. The van der Waals surface area contributed by atoms with Gasteiger partial charge in [0.25, 0.3) is 0 Å². The number of carbonyl (C=O) groups excluding carboxylic acids is 1. The summed E-state index contributed by atoms with van der Waals surface area (Å²) < 4.78 is 0. The van der Waals surface area contributed by atoms with Crippen LogP contribution in [0.2, 0.25) is 0 Å². The number of amides is 1. The van der Waals surface area contributed by atoms with Gasteiger partial charge >= 0.3 is 0 Å². The van der Waals surface area contributed by atoms with E-state index in [0.29, 0.717) is 5.56 Å². The van der Waals surface area contributed by atoms with Gasteiger partial charge in [-0.15, -0.1) is 0 Å². The van der Waals surface area contributed by atoms with Gasteiger partial charge in [-0.25, -0.2) is 0 Å². The summed E-state index contributed by atoms with van der Waals surface area (Å²) in [4.78, 5) is 13.3. The zero-order valence-electron chi connectivity index (χ0n) is 10.1. The quantitative estimate of drug-likeness (QED) is 0.840. The Balaban J connectivity index is 2.65. The van der Waals surface area contributed by atoms with E-state index in [2.05, 4.69) is 0 Å². The Morgan fingerprint density at radius 1 is 1.47 bits per heavy atom. The van der Waals surface area contributed by atoms with Gasteiger partial charge in [-0.05, 0) is 24.6 Å². The van der Waals surface area contributed by atoms with E-state index < -0.39 is 0 Å². The second-order valence-electron chi connectivity index (χ2n) is 4.02. The number of carbonyl (C=O) groups is 1. The molecular weight excluding hydrogens is 216 g/mol. The lowest BCUT2D eigenvalue weighted by Gasteiger charge is -2.23. The molecular formula is C13H16N2O2. The summed E-state index contributed by atoms with van der Waals surface area (Å²) in [6.07, 6.45) is 0.284. The minimum absolute atomic E-state index is 0.0451. The zero-order valence-corrected chi connectivity index (χ0v) is 10.1. The molecule has 90 valence electrons. The van der Waals surface area contributed by atoms with E-state index in [1.165, 1.54) is 4.90 Å². The van der Waals surface area contributed by atoms with Crippen molar-refractivity contribution in [2.24, 2.45) is 0 Å². The van der Waals surface area contributed by atoms with Crippen molar-refractivity contribution in [3.05, 3.63) is 35.4 Å². The summed E-state index contributed by atoms with van der Waals surface area (Å²) in [5, 5.41) is 17.6. The number of nitrogens with zero attached hydrogens (tertiary/aromatic N) is 2. The highest BCUT2D eigenvalue weighted by Crippen LogP contribution is 2.06. The molecule has 0 aliphatic carbocycles. The Hall–Kier alpha value is -1.86. The predicted octanol–water partition coefficient (Wildman–Crippen LogP) is 0.940. The molecule has 0 fully saturated rings. The molecule has 0 saturated carbocycles. The van der Waals surface area contributed by atoms with Crippen molar-refractivity contribution in [2.45, 2.75) is 19.4 Å². The van der Waals surface area contributed by atoms with Crippen LogP contribution in [-0.2, 0) is 11.2 Å². The van der Waals surface area contributed by atoms with Crippen LogP contribution in [0.25, 0.3) is 0 Å². The minimum Gasteiger partial charge on any atom is -0.394 e. The lowest BCUT2D eigenvalue weighted by molar-refractivity contribution is -0.131. The molecule has 4 nitrogen and oxygen atoms in total. The van der Waals surface area contributed by atoms with Crippen LogP contribution in [0.1, 0.15) is 18.1 Å². The van der Waals surface area contributed by atoms with Crippen LogP contribution in [0.15, 0.2) is 24.3 Å². The largest absolute Gasteiger partial charge is 0.394 e. The Labute approximate surface area is 101 Å². The third kappa shape index (κ3) is 3.58. The van der Waals surface area contributed by atoms with Crippen molar-refractivity contribution >= 4 is 5.91 Å². The first kappa shape index (κ1) is 13.2. The topological polar surface area (TPSA) is 64.3 Å². The SMILES string of the molecule is CC(CO)N(C)C(=O)Cc1ccc(C#N)cc1. The number of aliphatic hydroxyl groups excluding tert-OH is 1. The molecule has 17 heavy (non-hydrogen) atoms. The van der Waals surface area contributed by atoms with Gasteiger partial charge in [0.2, 0.25) is 5.91 Å². The number of hydrogen-bond donors (Lipinski definition) is 1. The average molecular weight is 232 g/mol. The summed E-state index contributed by atoms with van der Waals surface area (Å²) in [7, 11) is 1.67. The maximum Gasteiger partial charge on any atom is 0.227 e. The first-order valence-electron chi connectivity index (χ1n) is 5.44. The Bertz CT molecular complexity index is 420. The monoisotopic (exact) mass is 232 g/mol. The van der Waals surface area contributed by atoms with E-state index in [9.17, 15) is 4.79 Å². The standard InChI is InChI=1S/C13H16N2O2/c1-10(9-16)15(2)13(17)7-11-3-5-12(8-14)6-4-11/h3-6,10,16H,7,9H2,1-2H3. The van der Waals surface area contributed by atoms with Crippen molar-refractivity contribution in [3.8, 4) is 6.07 Å². The summed E-state index contributed by atoms with van der Waals surface area (Å²) in [5.74, 6) is -0.0451. The number of aliphatic hydroxyl groups is 1. The highest BCUT2D eigenvalue weighted by atomic mass is 16.3. The molecule has 1 atom stereocenters. The van der Waals surface area contributed by atoms with E-state index in [-0.39, 0.29) is 25.0 Å². The van der Waals surface area contributed by atoms with E-state index in [1.807, 2.05) is 6.07 Å². The van der Waals surface area contributed by atoms with Gasteiger partial charge in [-0.3, -0.25) is 4.79 Å². The summed E-state index contributed by atoms with van der Waals surface area (Å²) in [6.45, 7) is 1.74. The fraction of sp³-hybridized carbons (Fsp3) is 0.385. The molecule has 0 heterocycles. The highest BCUT2D eigenvalue weighted by Gasteiger charge is 2.14. The molecule has 0 aliphatic rings. The lowest BCUT2D eigenvalue weighted by Crippen LogP contribution is -2.38. The van der Waals surface area contributed by atoms with Gasteiger partial charge in [0, 0.05) is 7.05 Å². The third-order valence-corrected chi connectivity index (χ3v) is 2.76. The molecule has 1 aromatic carbocycles. The summed E-state index contributed by atoms with van der Waals surface area (Å²) in [6, 6.07) is 8.78. The van der Waals surface area contributed by atoms with Gasteiger partial charge in [-0.1, -0.05) is 12.1 Å². The van der Waals surface area contributed by atoms with Gasteiger partial charge in [0.15, 0.2) is 0 Å². The molecule has 0 aliphatic heterocycles. The van der Waals surface area contributed by atoms with Gasteiger partial charge in [0.05, 0.1) is 30.7 Å². The van der Waals surface area contributed by atoms with Crippen LogP contribution in [-0.4, -0.2) is 35.6 Å². The van der Waals surface area contributed by atoms with Crippen molar-refractivity contribution in [2.75, 3.05) is 13.7 Å². The molecule has 1 unspecified atom stereocenters. The van der Waals surface area contributed by atoms with E-state index >= 15 is 0 Å². The third-order valence-electron chi connectivity index (χ3n) is 2.76. The molecule has 1 N–H and O–H groups in total. The number of hydrogen-bond acceptors (Lipinski definition) is 3. The van der Waals surface area contributed by atoms with Crippen LogP contribution in [0.5, 0.6) is 0 Å².